The number of pyridine rings is 1. The number of nitrogens with zero attached hydrogens (tertiary/aromatic N) is 2. The summed E-state index contributed by atoms with van der Waals surface area (Å²) in [5.41, 5.74) is 0.424. The second-order valence-corrected chi connectivity index (χ2v) is 6.85. The summed E-state index contributed by atoms with van der Waals surface area (Å²) in [5.74, 6) is -2.31. The normalized spacial score (nSPS) is 19.1. The number of esters is 1. The standard InChI is InChI=1S/C13H16N2O6S/c1-8-10(13(18)21-2)3-4-11(14-8)22(19,20)15-6-5-9(7-15)12(16)17/h3-4,9H,5-7H2,1-2H3,(H,16,17). The molecule has 1 unspecified atom stereocenters. The molecule has 120 valence electrons. The largest absolute Gasteiger partial charge is 0.481 e. The van der Waals surface area contributed by atoms with Gasteiger partial charge in [0.25, 0.3) is 10.0 Å². The minimum absolute atomic E-state index is 0.0723. The topological polar surface area (TPSA) is 114 Å². The molecule has 1 fully saturated rings. The molecule has 1 aromatic rings. The Balaban J connectivity index is 2.29. The molecular formula is C13H16N2O6S. The van der Waals surface area contributed by atoms with Crippen molar-refractivity contribution < 1.29 is 27.9 Å². The first kappa shape index (κ1) is 16.4. The van der Waals surface area contributed by atoms with Crippen LogP contribution >= 0.6 is 0 Å². The Morgan fingerprint density at radius 2 is 2.09 bits per heavy atom. The van der Waals surface area contributed by atoms with Gasteiger partial charge < -0.3 is 9.84 Å². The first-order chi connectivity index (χ1) is 10.3. The number of carbonyl (C=O) groups is 2. The Morgan fingerprint density at radius 3 is 2.59 bits per heavy atom. The van der Waals surface area contributed by atoms with Gasteiger partial charge in [-0.1, -0.05) is 0 Å². The Bertz CT molecular complexity index is 715. The van der Waals surface area contributed by atoms with E-state index in [1.807, 2.05) is 0 Å². The molecule has 1 N–H and O–H groups in total. The van der Waals surface area contributed by atoms with E-state index in [1.165, 1.54) is 26.2 Å². The number of carboxylic acids is 1. The second-order valence-electron chi connectivity index (χ2n) is 4.96. The summed E-state index contributed by atoms with van der Waals surface area (Å²) in [7, 11) is -2.65. The average Bonchev–Trinajstić information content (AvgIpc) is 2.97. The maximum Gasteiger partial charge on any atom is 0.339 e. The van der Waals surface area contributed by atoms with E-state index < -0.39 is 27.9 Å². The molecule has 1 atom stereocenters. The van der Waals surface area contributed by atoms with Gasteiger partial charge in [0, 0.05) is 13.1 Å². The van der Waals surface area contributed by atoms with E-state index in [2.05, 4.69) is 9.72 Å². The zero-order valence-corrected chi connectivity index (χ0v) is 13.0. The fourth-order valence-corrected chi connectivity index (χ4v) is 3.77. The Labute approximate surface area is 127 Å². The van der Waals surface area contributed by atoms with Crippen LogP contribution in [-0.2, 0) is 19.6 Å². The van der Waals surface area contributed by atoms with E-state index in [-0.39, 0.29) is 35.8 Å². The highest BCUT2D eigenvalue weighted by atomic mass is 32.2. The molecule has 2 rings (SSSR count). The maximum atomic E-state index is 12.5. The van der Waals surface area contributed by atoms with Gasteiger partial charge >= 0.3 is 11.9 Å². The van der Waals surface area contributed by atoms with Gasteiger partial charge in [0.1, 0.15) is 0 Å². The van der Waals surface area contributed by atoms with Crippen molar-refractivity contribution in [2.45, 2.75) is 18.4 Å². The molecule has 22 heavy (non-hydrogen) atoms. The molecule has 1 aromatic heterocycles. The highest BCUT2D eigenvalue weighted by molar-refractivity contribution is 7.89. The van der Waals surface area contributed by atoms with Gasteiger partial charge in [-0.05, 0) is 25.5 Å². The number of rotatable bonds is 4. The van der Waals surface area contributed by atoms with Crippen molar-refractivity contribution in [2.75, 3.05) is 20.2 Å². The van der Waals surface area contributed by atoms with Crippen molar-refractivity contribution in [1.82, 2.24) is 9.29 Å². The minimum Gasteiger partial charge on any atom is -0.481 e. The number of hydrogen-bond acceptors (Lipinski definition) is 6. The van der Waals surface area contributed by atoms with E-state index in [0.717, 1.165) is 4.31 Å². The summed E-state index contributed by atoms with van der Waals surface area (Å²) in [6.07, 6.45) is 0.272. The molecule has 0 spiro atoms. The Kier molecular flexibility index (Phi) is 4.47. The fraction of sp³-hybridized carbons (Fsp3) is 0.462. The van der Waals surface area contributed by atoms with Crippen molar-refractivity contribution in [1.29, 1.82) is 0 Å². The van der Waals surface area contributed by atoms with Gasteiger partial charge in [-0.3, -0.25) is 4.79 Å². The first-order valence-corrected chi connectivity index (χ1v) is 8.00. The van der Waals surface area contributed by atoms with Crippen LogP contribution in [0, 0.1) is 12.8 Å². The number of sulfonamides is 1. The number of aromatic nitrogens is 1. The molecule has 1 aliphatic rings. The molecule has 0 saturated carbocycles. The van der Waals surface area contributed by atoms with Crippen LogP contribution < -0.4 is 0 Å². The van der Waals surface area contributed by atoms with E-state index in [9.17, 15) is 18.0 Å². The summed E-state index contributed by atoms with van der Waals surface area (Å²) in [5, 5.41) is 8.74. The predicted octanol–water partition coefficient (Wildman–Crippen LogP) is 0.272. The number of carboxylic acid groups (broad SMARTS) is 1. The highest BCUT2D eigenvalue weighted by Gasteiger charge is 2.36. The van der Waals surface area contributed by atoms with Gasteiger partial charge in [0.05, 0.1) is 24.3 Å². The van der Waals surface area contributed by atoms with Crippen LogP contribution in [0.2, 0.25) is 0 Å². The quantitative estimate of drug-likeness (QED) is 0.789. The predicted molar refractivity (Wildman–Crippen MR) is 74.8 cm³/mol. The molecule has 1 aliphatic heterocycles. The Hall–Kier alpha value is -2.00. The van der Waals surface area contributed by atoms with Crippen molar-refractivity contribution >= 4 is 22.0 Å². The van der Waals surface area contributed by atoms with Crippen molar-refractivity contribution in [3.05, 3.63) is 23.4 Å². The van der Waals surface area contributed by atoms with E-state index in [1.54, 1.807) is 0 Å². The SMILES string of the molecule is COC(=O)c1ccc(S(=O)(=O)N2CCC(C(=O)O)C2)nc1C. The smallest absolute Gasteiger partial charge is 0.339 e. The zero-order chi connectivity index (χ0) is 16.5. The number of carbonyl (C=O) groups excluding carboxylic acids is 1. The van der Waals surface area contributed by atoms with Crippen molar-refractivity contribution in [3.63, 3.8) is 0 Å². The average molecular weight is 328 g/mol. The molecule has 0 aromatic carbocycles. The second kappa shape index (κ2) is 6.01. The third kappa shape index (κ3) is 2.95. The van der Waals surface area contributed by atoms with Gasteiger partial charge in [0.15, 0.2) is 5.03 Å². The lowest BCUT2D eigenvalue weighted by Crippen LogP contribution is -2.31. The monoisotopic (exact) mass is 328 g/mol. The third-order valence-electron chi connectivity index (χ3n) is 3.57. The summed E-state index contributed by atoms with van der Waals surface area (Å²) < 4.78 is 30.6. The molecule has 0 bridgehead atoms. The maximum absolute atomic E-state index is 12.5. The van der Waals surface area contributed by atoms with E-state index >= 15 is 0 Å². The fourth-order valence-electron chi connectivity index (χ4n) is 2.29. The van der Waals surface area contributed by atoms with Gasteiger partial charge in [-0.25, -0.2) is 18.2 Å². The molecule has 0 amide bonds. The summed E-state index contributed by atoms with van der Waals surface area (Å²) in [6.45, 7) is 1.57. The molecule has 0 aliphatic carbocycles. The highest BCUT2D eigenvalue weighted by Crippen LogP contribution is 2.24. The molecule has 0 radical (unpaired) electrons. The van der Waals surface area contributed by atoms with E-state index in [4.69, 9.17) is 5.11 Å². The van der Waals surface area contributed by atoms with Gasteiger partial charge in [0.2, 0.25) is 0 Å². The number of aliphatic carboxylic acids is 1. The summed E-state index contributed by atoms with van der Waals surface area (Å²) >= 11 is 0. The van der Waals surface area contributed by atoms with E-state index in [0.29, 0.717) is 0 Å². The molecule has 1 saturated heterocycles. The van der Waals surface area contributed by atoms with Crippen molar-refractivity contribution in [3.8, 4) is 0 Å². The Morgan fingerprint density at radius 1 is 1.41 bits per heavy atom. The molecule has 9 heteroatoms. The van der Waals surface area contributed by atoms with Crippen LogP contribution in [0.15, 0.2) is 17.2 Å². The van der Waals surface area contributed by atoms with Crippen LogP contribution in [0.25, 0.3) is 0 Å². The lowest BCUT2D eigenvalue weighted by Gasteiger charge is -2.16. The lowest BCUT2D eigenvalue weighted by atomic mass is 10.1. The van der Waals surface area contributed by atoms with Crippen LogP contribution in [-0.4, -0.2) is 55.0 Å². The number of aryl methyl sites for hydroxylation is 1. The first-order valence-electron chi connectivity index (χ1n) is 6.56. The molecule has 8 nitrogen and oxygen atoms in total. The third-order valence-corrected chi connectivity index (χ3v) is 5.34. The van der Waals surface area contributed by atoms with Gasteiger partial charge in [-0.2, -0.15) is 4.31 Å². The zero-order valence-electron chi connectivity index (χ0n) is 12.1. The van der Waals surface area contributed by atoms with Gasteiger partial charge in [-0.15, -0.1) is 0 Å². The number of ether oxygens (including phenoxy) is 1. The summed E-state index contributed by atoms with van der Waals surface area (Å²) in [4.78, 5) is 26.4. The minimum atomic E-state index is -3.87. The van der Waals surface area contributed by atoms with Crippen molar-refractivity contribution in [2.24, 2.45) is 5.92 Å². The lowest BCUT2D eigenvalue weighted by molar-refractivity contribution is -0.141. The number of methoxy groups -OCH3 is 1. The molecule has 2 heterocycles. The van der Waals surface area contributed by atoms with Crippen LogP contribution in [0.5, 0.6) is 0 Å². The molecular weight excluding hydrogens is 312 g/mol. The summed E-state index contributed by atoms with van der Waals surface area (Å²) in [6, 6.07) is 2.56. The van der Waals surface area contributed by atoms with Crippen LogP contribution in [0.4, 0.5) is 0 Å². The number of hydrogen-bond donors (Lipinski definition) is 1. The van der Waals surface area contributed by atoms with Crippen LogP contribution in [0.1, 0.15) is 22.5 Å². The van der Waals surface area contributed by atoms with Crippen LogP contribution in [0.3, 0.4) is 0 Å².